The van der Waals surface area contributed by atoms with Gasteiger partial charge in [-0.1, -0.05) is 24.0 Å². The predicted molar refractivity (Wildman–Crippen MR) is 154 cm³/mol. The van der Waals surface area contributed by atoms with Crippen LogP contribution >= 0.6 is 0 Å². The molecule has 0 saturated heterocycles. The first-order valence-electron chi connectivity index (χ1n) is 13.0. The van der Waals surface area contributed by atoms with Crippen LogP contribution in [-0.2, 0) is 27.9 Å². The highest BCUT2D eigenvalue weighted by Gasteiger charge is 2.39. The molecule has 0 aliphatic heterocycles. The molecule has 1 heterocycles. The molecule has 216 valence electrons. The zero-order valence-electron chi connectivity index (χ0n) is 24.4. The van der Waals surface area contributed by atoms with E-state index < -0.39 is 35.2 Å². The Labute approximate surface area is 240 Å². The number of hydrogen-bond donors (Lipinski definition) is 3. The first kappa shape index (κ1) is 30.9. The Morgan fingerprint density at radius 2 is 1.54 bits per heavy atom. The summed E-state index contributed by atoms with van der Waals surface area (Å²) in [6, 6.07) is 14.9. The highest BCUT2D eigenvalue weighted by molar-refractivity contribution is 5.97. The molecule has 0 fully saturated rings. The molecule has 10 nitrogen and oxygen atoms in total. The summed E-state index contributed by atoms with van der Waals surface area (Å²) in [6.45, 7) is 8.23. The molecule has 10 heteroatoms. The van der Waals surface area contributed by atoms with Gasteiger partial charge in [0.25, 0.3) is 5.91 Å². The van der Waals surface area contributed by atoms with Crippen LogP contribution in [0.1, 0.15) is 61.8 Å². The van der Waals surface area contributed by atoms with E-state index in [1.807, 2.05) is 37.4 Å². The number of hydrogen-bond acceptors (Lipinski definition) is 7. The van der Waals surface area contributed by atoms with Crippen molar-refractivity contribution in [2.24, 2.45) is 7.05 Å². The average molecular weight is 561 g/mol. The van der Waals surface area contributed by atoms with Crippen LogP contribution in [0, 0.1) is 11.8 Å². The van der Waals surface area contributed by atoms with Gasteiger partial charge in [-0.25, -0.2) is 9.59 Å². The van der Waals surface area contributed by atoms with Gasteiger partial charge in [-0.05, 0) is 82.6 Å². The van der Waals surface area contributed by atoms with Crippen LogP contribution in [0.25, 0.3) is 11.3 Å². The molecule has 1 aromatic heterocycles. The number of ether oxygens (including phenoxy) is 2. The molecule has 0 bridgehead atoms. The molecule has 41 heavy (non-hydrogen) atoms. The molecule has 3 rings (SSSR count). The number of nitrogens with zero attached hydrogens (tertiary/aromatic N) is 2. The van der Waals surface area contributed by atoms with E-state index >= 15 is 0 Å². The van der Waals surface area contributed by atoms with Gasteiger partial charge in [0.1, 0.15) is 11.6 Å². The van der Waals surface area contributed by atoms with Crippen molar-refractivity contribution in [2.75, 3.05) is 7.11 Å². The smallest absolute Gasteiger partial charge is 0.408 e. The minimum Gasteiger partial charge on any atom is -0.467 e. The minimum absolute atomic E-state index is 0.118. The van der Waals surface area contributed by atoms with Crippen LogP contribution in [-0.4, -0.2) is 57.1 Å². The number of aromatic nitrogens is 2. The summed E-state index contributed by atoms with van der Waals surface area (Å²) in [5.74, 6) is 4.94. The summed E-state index contributed by atoms with van der Waals surface area (Å²) >= 11 is 0. The fourth-order valence-electron chi connectivity index (χ4n) is 3.95. The Hall–Kier alpha value is -4.62. The summed E-state index contributed by atoms with van der Waals surface area (Å²) in [6.07, 6.45) is -0.726. The van der Waals surface area contributed by atoms with E-state index in [9.17, 15) is 19.5 Å². The molecule has 0 saturated carbocycles. The molecule has 0 spiro atoms. The van der Waals surface area contributed by atoms with E-state index in [0.717, 1.165) is 16.8 Å². The summed E-state index contributed by atoms with van der Waals surface area (Å²) < 4.78 is 11.9. The molecule has 3 aromatic rings. The molecule has 3 N–H and O–H groups in total. The quantitative estimate of drug-likeness (QED) is 0.297. The third kappa shape index (κ3) is 8.43. The van der Waals surface area contributed by atoms with Gasteiger partial charge in [-0.3, -0.25) is 9.48 Å². The summed E-state index contributed by atoms with van der Waals surface area (Å²) in [4.78, 5) is 37.9. The first-order valence-corrected chi connectivity index (χ1v) is 13.0. The zero-order chi connectivity index (χ0) is 30.4. The Morgan fingerprint density at radius 3 is 2.02 bits per heavy atom. The van der Waals surface area contributed by atoms with Crippen LogP contribution in [0.2, 0.25) is 0 Å². The summed E-state index contributed by atoms with van der Waals surface area (Å²) in [5, 5.41) is 18.8. The molecular formula is C31H36N4O6. The maximum absolute atomic E-state index is 13.0. The van der Waals surface area contributed by atoms with Gasteiger partial charge in [0.15, 0.2) is 0 Å². The van der Waals surface area contributed by atoms with Gasteiger partial charge >= 0.3 is 12.1 Å². The number of carbonyl (C=O) groups is 3. The SMILES string of the molecule is COC(=O)C(NC(=O)c1ccc(C#Cc2ccc(-c3cc(CO)nn3C)cc2)cc1)C(C)(C)NC(=O)OC(C)(C)C. The molecular weight excluding hydrogens is 524 g/mol. The molecule has 1 atom stereocenters. The Balaban J connectivity index is 1.69. The second kappa shape index (κ2) is 12.7. The van der Waals surface area contributed by atoms with E-state index in [4.69, 9.17) is 9.47 Å². The number of rotatable bonds is 7. The second-order valence-electron chi connectivity index (χ2n) is 11.0. The fraction of sp³-hybridized carbons (Fsp3) is 0.355. The van der Waals surface area contributed by atoms with Gasteiger partial charge in [0.05, 0.1) is 30.6 Å². The zero-order valence-corrected chi connectivity index (χ0v) is 24.4. The van der Waals surface area contributed by atoms with E-state index in [1.165, 1.54) is 7.11 Å². The highest BCUT2D eigenvalue weighted by Crippen LogP contribution is 2.20. The summed E-state index contributed by atoms with van der Waals surface area (Å²) in [7, 11) is 3.03. The molecule has 1 unspecified atom stereocenters. The average Bonchev–Trinajstić information content (AvgIpc) is 3.29. The fourth-order valence-corrected chi connectivity index (χ4v) is 3.95. The van der Waals surface area contributed by atoms with Crippen molar-refractivity contribution in [1.29, 1.82) is 0 Å². The van der Waals surface area contributed by atoms with Gasteiger partial charge in [-0.15, -0.1) is 0 Å². The van der Waals surface area contributed by atoms with E-state index in [2.05, 4.69) is 27.6 Å². The minimum atomic E-state index is -1.22. The van der Waals surface area contributed by atoms with Crippen LogP contribution < -0.4 is 10.6 Å². The number of aliphatic hydroxyl groups is 1. The van der Waals surface area contributed by atoms with Gasteiger partial charge in [0, 0.05) is 23.7 Å². The van der Waals surface area contributed by atoms with Crippen LogP contribution in [0.15, 0.2) is 54.6 Å². The number of aliphatic hydroxyl groups excluding tert-OH is 1. The van der Waals surface area contributed by atoms with Crippen LogP contribution in [0.3, 0.4) is 0 Å². The van der Waals surface area contributed by atoms with E-state index in [-0.39, 0.29) is 6.61 Å². The molecule has 0 radical (unpaired) electrons. The number of benzene rings is 2. The van der Waals surface area contributed by atoms with Crippen LogP contribution in [0.4, 0.5) is 4.79 Å². The first-order chi connectivity index (χ1) is 19.2. The number of esters is 1. The van der Waals surface area contributed by atoms with Crippen molar-refractivity contribution >= 4 is 18.0 Å². The van der Waals surface area contributed by atoms with Crippen molar-refractivity contribution in [3.05, 3.63) is 77.0 Å². The normalized spacial score (nSPS) is 12.0. The lowest BCUT2D eigenvalue weighted by molar-refractivity contribution is -0.144. The lowest BCUT2D eigenvalue weighted by Gasteiger charge is -2.34. The Kier molecular flexibility index (Phi) is 9.58. The van der Waals surface area contributed by atoms with Gasteiger partial charge < -0.3 is 25.2 Å². The van der Waals surface area contributed by atoms with Crippen LogP contribution in [0.5, 0.6) is 0 Å². The third-order valence-electron chi connectivity index (χ3n) is 6.03. The largest absolute Gasteiger partial charge is 0.467 e. The van der Waals surface area contributed by atoms with E-state index in [0.29, 0.717) is 16.8 Å². The van der Waals surface area contributed by atoms with Crippen molar-refractivity contribution in [3.8, 4) is 23.1 Å². The lowest BCUT2D eigenvalue weighted by Crippen LogP contribution is -2.62. The van der Waals surface area contributed by atoms with Crippen molar-refractivity contribution in [3.63, 3.8) is 0 Å². The number of alkyl carbamates (subject to hydrolysis) is 1. The van der Waals surface area contributed by atoms with E-state index in [1.54, 1.807) is 63.6 Å². The second-order valence-corrected chi connectivity index (χ2v) is 11.0. The monoisotopic (exact) mass is 560 g/mol. The Morgan fingerprint density at radius 1 is 0.976 bits per heavy atom. The molecule has 0 aliphatic rings. The maximum Gasteiger partial charge on any atom is 0.408 e. The number of amides is 2. The summed E-state index contributed by atoms with van der Waals surface area (Å²) in [5.41, 5.74) is 2.30. The molecule has 2 amide bonds. The predicted octanol–water partition coefficient (Wildman–Crippen LogP) is 3.55. The number of methoxy groups -OCH3 is 1. The number of nitrogens with one attached hydrogen (secondary N) is 2. The molecule has 2 aromatic carbocycles. The van der Waals surface area contributed by atoms with Gasteiger partial charge in [-0.2, -0.15) is 5.10 Å². The topological polar surface area (TPSA) is 132 Å². The van der Waals surface area contributed by atoms with Gasteiger partial charge in [0.2, 0.25) is 0 Å². The number of aryl methyl sites for hydroxylation is 1. The number of carbonyl (C=O) groups excluding carboxylic acids is 3. The van der Waals surface area contributed by atoms with Crippen molar-refractivity contribution in [2.45, 2.75) is 58.4 Å². The lowest BCUT2D eigenvalue weighted by atomic mass is 9.94. The third-order valence-corrected chi connectivity index (χ3v) is 6.03. The van der Waals surface area contributed by atoms with Crippen molar-refractivity contribution < 1.29 is 29.0 Å². The highest BCUT2D eigenvalue weighted by atomic mass is 16.6. The Bertz CT molecular complexity index is 1460. The van der Waals surface area contributed by atoms with Crippen molar-refractivity contribution in [1.82, 2.24) is 20.4 Å². The standard InChI is InChI=1S/C31H36N4O6/c1-30(2,3)41-29(39)33-31(4,5)26(28(38)40-7)32-27(37)23-16-12-21(13-17-23)9-8-20-10-14-22(15-11-20)25-18-24(19-36)34-35(25)6/h10-18,26,36H,19H2,1-7H3,(H,32,37)(H,33,39). The molecule has 0 aliphatic carbocycles. The maximum atomic E-state index is 13.0.